The molecule has 0 atom stereocenters. The molecule has 0 radical (unpaired) electrons. The summed E-state index contributed by atoms with van der Waals surface area (Å²) >= 11 is 0. The number of carboxylic acids is 1. The first kappa shape index (κ1) is 13.3. The van der Waals surface area contributed by atoms with E-state index in [0.717, 1.165) is 19.5 Å². The Labute approximate surface area is 101 Å². The number of rotatable bonds is 6. The number of nitrogens with one attached hydrogen (secondary N) is 1. The molecule has 94 valence electrons. The van der Waals surface area contributed by atoms with Crippen LogP contribution in [-0.2, 0) is 0 Å². The summed E-state index contributed by atoms with van der Waals surface area (Å²) in [5.74, 6) is -0.943. The smallest absolute Gasteiger partial charge is 0.335 e. The number of aromatic carboxylic acids is 1. The zero-order chi connectivity index (χ0) is 12.8. The molecule has 0 heterocycles. The molecular weight excluding hydrogens is 218 g/mol. The summed E-state index contributed by atoms with van der Waals surface area (Å²) in [6.07, 6.45) is 0.976. The molecule has 0 aromatic heterocycles. The third kappa shape index (κ3) is 4.32. The van der Waals surface area contributed by atoms with Gasteiger partial charge in [0, 0.05) is 6.54 Å². The van der Waals surface area contributed by atoms with Crippen LogP contribution in [0.1, 0.15) is 16.8 Å². The molecule has 0 saturated heterocycles. The molecule has 1 aromatic carbocycles. The van der Waals surface area contributed by atoms with E-state index in [1.165, 1.54) is 6.07 Å². The molecule has 5 heteroatoms. The van der Waals surface area contributed by atoms with Gasteiger partial charge >= 0.3 is 5.97 Å². The highest BCUT2D eigenvalue weighted by molar-refractivity contribution is 5.90. The van der Waals surface area contributed by atoms with Crippen LogP contribution in [0.25, 0.3) is 0 Å². The van der Waals surface area contributed by atoms with Gasteiger partial charge in [0.1, 0.15) is 0 Å². The SMILES string of the molecule is CN(C)CCCNc1cc(C(=O)O)ccc1N. The molecule has 4 N–H and O–H groups in total. The monoisotopic (exact) mass is 237 g/mol. The Bertz CT molecular complexity index is 391. The molecule has 0 aliphatic rings. The topological polar surface area (TPSA) is 78.6 Å². The van der Waals surface area contributed by atoms with Crippen molar-refractivity contribution in [1.29, 1.82) is 0 Å². The fourth-order valence-corrected chi connectivity index (χ4v) is 1.46. The van der Waals surface area contributed by atoms with Gasteiger partial charge in [0.2, 0.25) is 0 Å². The van der Waals surface area contributed by atoms with E-state index in [4.69, 9.17) is 10.8 Å². The minimum Gasteiger partial charge on any atom is -0.478 e. The molecule has 0 saturated carbocycles. The number of benzene rings is 1. The number of hydrogen-bond donors (Lipinski definition) is 3. The predicted molar refractivity (Wildman–Crippen MR) is 69.5 cm³/mol. The summed E-state index contributed by atoms with van der Waals surface area (Å²) in [4.78, 5) is 12.9. The second kappa shape index (κ2) is 6.10. The average molecular weight is 237 g/mol. The van der Waals surface area contributed by atoms with E-state index < -0.39 is 5.97 Å². The lowest BCUT2D eigenvalue weighted by molar-refractivity contribution is 0.0697. The van der Waals surface area contributed by atoms with Gasteiger partial charge in [-0.05, 0) is 45.3 Å². The molecule has 0 fully saturated rings. The number of carboxylic acid groups (broad SMARTS) is 1. The van der Waals surface area contributed by atoms with Crippen molar-refractivity contribution in [2.45, 2.75) is 6.42 Å². The first-order valence-electron chi connectivity index (χ1n) is 5.52. The average Bonchev–Trinajstić information content (AvgIpc) is 2.25. The van der Waals surface area contributed by atoms with Crippen LogP contribution in [0.15, 0.2) is 18.2 Å². The summed E-state index contributed by atoms with van der Waals surface area (Å²) in [7, 11) is 4.03. The Morgan fingerprint density at radius 3 is 2.76 bits per heavy atom. The Kier molecular flexibility index (Phi) is 4.78. The van der Waals surface area contributed by atoms with Crippen LogP contribution in [0.2, 0.25) is 0 Å². The molecule has 17 heavy (non-hydrogen) atoms. The molecule has 0 unspecified atom stereocenters. The fraction of sp³-hybridized carbons (Fsp3) is 0.417. The number of nitrogens with two attached hydrogens (primary N) is 1. The van der Waals surface area contributed by atoms with Crippen molar-refractivity contribution in [3.8, 4) is 0 Å². The van der Waals surface area contributed by atoms with Gasteiger partial charge in [-0.2, -0.15) is 0 Å². The lowest BCUT2D eigenvalue weighted by Crippen LogP contribution is -2.16. The Morgan fingerprint density at radius 2 is 2.18 bits per heavy atom. The van der Waals surface area contributed by atoms with Crippen LogP contribution in [0.5, 0.6) is 0 Å². The minimum atomic E-state index is -0.943. The normalized spacial score (nSPS) is 10.5. The number of hydrogen-bond acceptors (Lipinski definition) is 4. The highest BCUT2D eigenvalue weighted by Crippen LogP contribution is 2.19. The summed E-state index contributed by atoms with van der Waals surface area (Å²) in [5, 5.41) is 12.0. The Hall–Kier alpha value is -1.75. The number of nitrogen functional groups attached to an aromatic ring is 1. The van der Waals surface area contributed by atoms with E-state index in [1.54, 1.807) is 12.1 Å². The van der Waals surface area contributed by atoms with E-state index in [-0.39, 0.29) is 5.56 Å². The maximum Gasteiger partial charge on any atom is 0.335 e. The number of nitrogens with zero attached hydrogens (tertiary/aromatic N) is 1. The molecule has 0 bridgehead atoms. The summed E-state index contributed by atoms with van der Waals surface area (Å²) in [5.41, 5.74) is 7.26. The number of carbonyl (C=O) groups is 1. The molecule has 1 aromatic rings. The fourth-order valence-electron chi connectivity index (χ4n) is 1.46. The van der Waals surface area contributed by atoms with Crippen LogP contribution in [0, 0.1) is 0 Å². The standard InChI is InChI=1S/C12H19N3O2/c1-15(2)7-3-6-14-11-8-9(12(16)17)4-5-10(11)13/h4-5,8,14H,3,6-7,13H2,1-2H3,(H,16,17). The Morgan fingerprint density at radius 1 is 1.47 bits per heavy atom. The quantitative estimate of drug-likeness (QED) is 0.514. The van der Waals surface area contributed by atoms with Crippen LogP contribution in [-0.4, -0.2) is 43.2 Å². The van der Waals surface area contributed by atoms with Crippen molar-refractivity contribution in [2.75, 3.05) is 38.2 Å². The summed E-state index contributed by atoms with van der Waals surface area (Å²) in [6, 6.07) is 4.67. The lowest BCUT2D eigenvalue weighted by atomic mass is 10.1. The van der Waals surface area contributed by atoms with Crippen LogP contribution >= 0.6 is 0 Å². The molecular formula is C12H19N3O2. The second-order valence-corrected chi connectivity index (χ2v) is 4.19. The zero-order valence-corrected chi connectivity index (χ0v) is 10.2. The van der Waals surface area contributed by atoms with Gasteiger partial charge in [0.15, 0.2) is 0 Å². The maximum atomic E-state index is 10.8. The minimum absolute atomic E-state index is 0.245. The molecule has 5 nitrogen and oxygen atoms in total. The van der Waals surface area contributed by atoms with Gasteiger partial charge in [0.05, 0.1) is 16.9 Å². The molecule has 0 aliphatic carbocycles. The van der Waals surface area contributed by atoms with Crippen molar-refractivity contribution < 1.29 is 9.90 Å². The van der Waals surface area contributed by atoms with Gasteiger partial charge in [-0.1, -0.05) is 0 Å². The largest absolute Gasteiger partial charge is 0.478 e. The van der Waals surface area contributed by atoms with Crippen LogP contribution < -0.4 is 11.1 Å². The summed E-state index contributed by atoms with van der Waals surface area (Å²) in [6.45, 7) is 1.75. The lowest BCUT2D eigenvalue weighted by Gasteiger charge is -2.12. The summed E-state index contributed by atoms with van der Waals surface area (Å²) < 4.78 is 0. The predicted octanol–water partition coefficient (Wildman–Crippen LogP) is 1.33. The van der Waals surface area contributed by atoms with E-state index in [9.17, 15) is 4.79 Å². The van der Waals surface area contributed by atoms with Crippen LogP contribution in [0.4, 0.5) is 11.4 Å². The highest BCUT2D eigenvalue weighted by atomic mass is 16.4. The maximum absolute atomic E-state index is 10.8. The van der Waals surface area contributed by atoms with Gasteiger partial charge in [0.25, 0.3) is 0 Å². The van der Waals surface area contributed by atoms with Gasteiger partial charge in [-0.15, -0.1) is 0 Å². The van der Waals surface area contributed by atoms with Crippen molar-refractivity contribution in [3.63, 3.8) is 0 Å². The van der Waals surface area contributed by atoms with E-state index in [2.05, 4.69) is 10.2 Å². The van der Waals surface area contributed by atoms with Crippen molar-refractivity contribution in [1.82, 2.24) is 4.90 Å². The van der Waals surface area contributed by atoms with Crippen molar-refractivity contribution >= 4 is 17.3 Å². The molecule has 0 spiro atoms. The van der Waals surface area contributed by atoms with E-state index in [1.807, 2.05) is 14.1 Å². The Balaban J connectivity index is 2.57. The van der Waals surface area contributed by atoms with E-state index in [0.29, 0.717) is 11.4 Å². The zero-order valence-electron chi connectivity index (χ0n) is 10.2. The van der Waals surface area contributed by atoms with Crippen molar-refractivity contribution in [2.24, 2.45) is 0 Å². The van der Waals surface area contributed by atoms with Gasteiger partial charge < -0.3 is 21.1 Å². The first-order valence-corrected chi connectivity index (χ1v) is 5.52. The molecule has 0 aliphatic heterocycles. The first-order chi connectivity index (χ1) is 8.00. The third-order valence-electron chi connectivity index (χ3n) is 2.40. The van der Waals surface area contributed by atoms with Gasteiger partial charge in [-0.3, -0.25) is 0 Å². The third-order valence-corrected chi connectivity index (χ3v) is 2.40. The van der Waals surface area contributed by atoms with Gasteiger partial charge in [-0.25, -0.2) is 4.79 Å². The second-order valence-electron chi connectivity index (χ2n) is 4.19. The van der Waals surface area contributed by atoms with Crippen molar-refractivity contribution in [3.05, 3.63) is 23.8 Å². The highest BCUT2D eigenvalue weighted by Gasteiger charge is 2.06. The molecule has 1 rings (SSSR count). The number of anilines is 2. The molecule has 0 amide bonds. The van der Waals surface area contributed by atoms with E-state index >= 15 is 0 Å². The van der Waals surface area contributed by atoms with Crippen LogP contribution in [0.3, 0.4) is 0 Å².